The molecule has 7 nitrogen and oxygen atoms in total. The molecule has 0 spiro atoms. The Bertz CT molecular complexity index is 397. The zero-order valence-electron chi connectivity index (χ0n) is 9.65. The smallest absolute Gasteiger partial charge is 0.294 e. The summed E-state index contributed by atoms with van der Waals surface area (Å²) in [5, 5.41) is 28.5. The zero-order valence-corrected chi connectivity index (χ0v) is 10.5. The molecule has 18 heavy (non-hydrogen) atoms. The number of halogens is 1. The highest BCUT2D eigenvalue weighted by Crippen LogP contribution is 2.31. The van der Waals surface area contributed by atoms with E-state index in [0.29, 0.717) is 5.69 Å². The summed E-state index contributed by atoms with van der Waals surface area (Å²) in [5.41, 5.74) is 6.01. The molecule has 0 amide bonds. The molecule has 0 saturated heterocycles. The van der Waals surface area contributed by atoms with Gasteiger partial charge in [-0.3, -0.25) is 10.1 Å². The number of nitrogens with two attached hydrogens (primary N) is 1. The molecule has 0 aliphatic carbocycles. The largest absolute Gasteiger partial charge is 0.395 e. The number of nitro groups is 1. The molecule has 0 aliphatic heterocycles. The van der Waals surface area contributed by atoms with Crippen molar-refractivity contribution in [1.82, 2.24) is 0 Å². The number of nitrogens with zero attached hydrogens (tertiary/aromatic N) is 2. The predicted molar refractivity (Wildman–Crippen MR) is 71.1 cm³/mol. The van der Waals surface area contributed by atoms with Gasteiger partial charge in [-0.05, 0) is 6.07 Å². The topological polar surface area (TPSA) is 113 Å². The number of aliphatic hydroxyl groups is 2. The third-order valence-electron chi connectivity index (χ3n) is 2.34. The van der Waals surface area contributed by atoms with E-state index < -0.39 is 4.92 Å². The highest BCUT2D eigenvalue weighted by molar-refractivity contribution is 5.85. The first-order valence-electron chi connectivity index (χ1n) is 5.11. The van der Waals surface area contributed by atoms with E-state index in [4.69, 9.17) is 15.9 Å². The summed E-state index contributed by atoms with van der Waals surface area (Å²) in [4.78, 5) is 11.8. The number of rotatable bonds is 6. The van der Waals surface area contributed by atoms with Crippen LogP contribution < -0.4 is 10.6 Å². The Morgan fingerprint density at radius 3 is 2.28 bits per heavy atom. The van der Waals surface area contributed by atoms with E-state index in [1.807, 2.05) is 0 Å². The van der Waals surface area contributed by atoms with E-state index in [-0.39, 0.29) is 50.1 Å². The molecule has 0 bridgehead atoms. The number of nitro benzene ring substituents is 1. The minimum Gasteiger partial charge on any atom is -0.395 e. The van der Waals surface area contributed by atoms with E-state index >= 15 is 0 Å². The van der Waals surface area contributed by atoms with Crippen LogP contribution in [0.25, 0.3) is 0 Å². The Labute approximate surface area is 110 Å². The highest BCUT2D eigenvalue weighted by atomic mass is 35.5. The Morgan fingerprint density at radius 1 is 1.28 bits per heavy atom. The van der Waals surface area contributed by atoms with E-state index in [2.05, 4.69) is 0 Å². The van der Waals surface area contributed by atoms with Gasteiger partial charge in [0.05, 0.1) is 23.8 Å². The van der Waals surface area contributed by atoms with Crippen LogP contribution in [0.5, 0.6) is 0 Å². The molecule has 0 aromatic heterocycles. The molecule has 0 atom stereocenters. The quantitative estimate of drug-likeness (QED) is 0.394. The summed E-state index contributed by atoms with van der Waals surface area (Å²) in [5.74, 6) is 0. The lowest BCUT2D eigenvalue weighted by molar-refractivity contribution is -0.383. The molecule has 0 saturated carbocycles. The van der Waals surface area contributed by atoms with Gasteiger partial charge in [0.25, 0.3) is 5.69 Å². The minimum absolute atomic E-state index is 0. The molecule has 0 unspecified atom stereocenters. The Morgan fingerprint density at radius 2 is 1.83 bits per heavy atom. The lowest BCUT2D eigenvalue weighted by atomic mass is 10.2. The number of hydrogen-bond donors (Lipinski definition) is 3. The van der Waals surface area contributed by atoms with Gasteiger partial charge in [0.15, 0.2) is 0 Å². The van der Waals surface area contributed by atoms with Gasteiger partial charge < -0.3 is 20.8 Å². The van der Waals surface area contributed by atoms with Crippen molar-refractivity contribution in [3.63, 3.8) is 0 Å². The summed E-state index contributed by atoms with van der Waals surface area (Å²) < 4.78 is 0. The van der Waals surface area contributed by atoms with Crippen LogP contribution in [0.4, 0.5) is 17.1 Å². The summed E-state index contributed by atoms with van der Waals surface area (Å²) in [7, 11) is 0. The maximum atomic E-state index is 10.7. The van der Waals surface area contributed by atoms with Crippen LogP contribution in [-0.2, 0) is 0 Å². The molecular formula is C10H16ClN3O4. The number of hydrogen-bond acceptors (Lipinski definition) is 6. The summed E-state index contributed by atoms with van der Waals surface area (Å²) in [6.45, 7) is 0.266. The Balaban J connectivity index is 0.00000289. The molecule has 0 heterocycles. The van der Waals surface area contributed by atoms with Crippen LogP contribution in [0.3, 0.4) is 0 Å². The van der Waals surface area contributed by atoms with E-state index in [9.17, 15) is 10.1 Å². The molecule has 1 aromatic rings. The van der Waals surface area contributed by atoms with Crippen molar-refractivity contribution >= 4 is 29.5 Å². The molecule has 1 aromatic carbocycles. The first-order valence-corrected chi connectivity index (χ1v) is 5.11. The van der Waals surface area contributed by atoms with Gasteiger partial charge in [-0.25, -0.2) is 0 Å². The van der Waals surface area contributed by atoms with Gasteiger partial charge in [-0.15, -0.1) is 12.4 Å². The van der Waals surface area contributed by atoms with Crippen LogP contribution in [0, 0.1) is 10.1 Å². The summed E-state index contributed by atoms with van der Waals surface area (Å²) >= 11 is 0. The molecule has 0 radical (unpaired) electrons. The third kappa shape index (κ3) is 3.73. The van der Waals surface area contributed by atoms with Crippen LogP contribution in [0.15, 0.2) is 18.2 Å². The molecular weight excluding hydrogens is 262 g/mol. The second-order valence-electron chi connectivity index (χ2n) is 3.40. The minimum atomic E-state index is -0.561. The molecule has 1 rings (SSSR count). The van der Waals surface area contributed by atoms with Crippen LogP contribution >= 0.6 is 12.4 Å². The van der Waals surface area contributed by atoms with Gasteiger partial charge >= 0.3 is 0 Å². The van der Waals surface area contributed by atoms with Crippen LogP contribution in [0.2, 0.25) is 0 Å². The van der Waals surface area contributed by atoms with E-state index in [1.54, 1.807) is 11.0 Å². The third-order valence-corrected chi connectivity index (χ3v) is 2.34. The molecule has 0 fully saturated rings. The normalized spacial score (nSPS) is 9.67. The van der Waals surface area contributed by atoms with Gasteiger partial charge in [0.2, 0.25) is 0 Å². The SMILES string of the molecule is Cl.Nc1c(N(CCO)CCO)cccc1[N+](=O)[O-]. The number of nitrogen functional groups attached to an aromatic ring is 1. The van der Waals surface area contributed by atoms with Gasteiger partial charge in [0, 0.05) is 19.2 Å². The maximum absolute atomic E-state index is 10.7. The van der Waals surface area contributed by atoms with Crippen LogP contribution in [-0.4, -0.2) is 41.4 Å². The van der Waals surface area contributed by atoms with Crippen LogP contribution in [0.1, 0.15) is 0 Å². The Hall–Kier alpha value is -1.57. The first kappa shape index (κ1) is 16.4. The van der Waals surface area contributed by atoms with E-state index in [1.165, 1.54) is 12.1 Å². The second-order valence-corrected chi connectivity index (χ2v) is 3.40. The molecule has 0 aliphatic rings. The lowest BCUT2D eigenvalue weighted by Crippen LogP contribution is -2.30. The van der Waals surface area contributed by atoms with Gasteiger partial charge in [-0.1, -0.05) is 6.07 Å². The number of anilines is 2. The van der Waals surface area contributed by atoms with Crippen molar-refractivity contribution in [3.8, 4) is 0 Å². The van der Waals surface area contributed by atoms with Crippen molar-refractivity contribution in [3.05, 3.63) is 28.3 Å². The fourth-order valence-electron chi connectivity index (χ4n) is 1.57. The van der Waals surface area contributed by atoms with Gasteiger partial charge in [0.1, 0.15) is 5.69 Å². The average molecular weight is 278 g/mol. The first-order chi connectivity index (χ1) is 8.11. The van der Waals surface area contributed by atoms with Crippen molar-refractivity contribution in [1.29, 1.82) is 0 Å². The average Bonchev–Trinajstić information content (AvgIpc) is 2.29. The number of para-hydroxylation sites is 1. The fraction of sp³-hybridized carbons (Fsp3) is 0.400. The van der Waals surface area contributed by atoms with E-state index in [0.717, 1.165) is 0 Å². The van der Waals surface area contributed by atoms with Crippen molar-refractivity contribution < 1.29 is 15.1 Å². The standard InChI is InChI=1S/C10H15N3O4.ClH/c11-10-8(12(4-6-14)5-7-15)2-1-3-9(10)13(16)17;/h1-3,14-15H,4-7,11H2;1H. The van der Waals surface area contributed by atoms with Crippen molar-refractivity contribution in [2.75, 3.05) is 36.9 Å². The number of benzene rings is 1. The molecule has 4 N–H and O–H groups in total. The zero-order chi connectivity index (χ0) is 12.8. The monoisotopic (exact) mass is 277 g/mol. The summed E-state index contributed by atoms with van der Waals surface area (Å²) in [6, 6.07) is 4.45. The van der Waals surface area contributed by atoms with Crippen molar-refractivity contribution in [2.45, 2.75) is 0 Å². The molecule has 102 valence electrons. The summed E-state index contributed by atoms with van der Waals surface area (Å²) in [6.07, 6.45) is 0. The fourth-order valence-corrected chi connectivity index (χ4v) is 1.57. The predicted octanol–water partition coefficient (Wildman–Crippen LogP) is 0.390. The number of aliphatic hydroxyl groups excluding tert-OH is 2. The highest BCUT2D eigenvalue weighted by Gasteiger charge is 2.17. The van der Waals surface area contributed by atoms with Gasteiger partial charge in [-0.2, -0.15) is 0 Å². The lowest BCUT2D eigenvalue weighted by Gasteiger charge is -2.24. The Kier molecular flexibility index (Phi) is 7.03. The van der Waals surface area contributed by atoms with Crippen molar-refractivity contribution in [2.24, 2.45) is 0 Å². The molecule has 8 heteroatoms. The maximum Gasteiger partial charge on any atom is 0.294 e. The second kappa shape index (κ2) is 7.70.